The molecule has 2 aromatic rings. The van der Waals surface area contributed by atoms with E-state index in [2.05, 4.69) is 5.32 Å². The number of carbonyl (C=O) groups is 2. The number of aliphatic carboxylic acids is 1. The molecule has 1 amide bonds. The van der Waals surface area contributed by atoms with Gasteiger partial charge in [-0.2, -0.15) is 0 Å². The van der Waals surface area contributed by atoms with Gasteiger partial charge in [-0.1, -0.05) is 0 Å². The van der Waals surface area contributed by atoms with Gasteiger partial charge in [-0.25, -0.2) is 9.18 Å². The van der Waals surface area contributed by atoms with E-state index in [0.29, 0.717) is 21.7 Å². The lowest BCUT2D eigenvalue weighted by atomic mass is 10.2. The van der Waals surface area contributed by atoms with Crippen molar-refractivity contribution in [1.82, 2.24) is 0 Å². The molecule has 0 fully saturated rings. The normalized spacial score (nSPS) is 10.8. The van der Waals surface area contributed by atoms with Crippen LogP contribution in [0.2, 0.25) is 0 Å². The van der Waals surface area contributed by atoms with E-state index in [-0.39, 0.29) is 11.7 Å². The van der Waals surface area contributed by atoms with E-state index in [0.717, 1.165) is 6.08 Å². The van der Waals surface area contributed by atoms with Gasteiger partial charge in [0.05, 0.1) is 5.56 Å². The molecule has 108 valence electrons. The number of halogens is 1. The maximum absolute atomic E-state index is 13.1. The third kappa shape index (κ3) is 4.00. The number of benzene rings is 1. The highest BCUT2D eigenvalue weighted by Gasteiger charge is 2.09. The van der Waals surface area contributed by atoms with Crippen LogP contribution in [-0.4, -0.2) is 17.0 Å². The van der Waals surface area contributed by atoms with Crippen LogP contribution >= 0.6 is 11.3 Å². The Morgan fingerprint density at radius 2 is 2.10 bits per heavy atom. The summed E-state index contributed by atoms with van der Waals surface area (Å²) in [6.45, 7) is 1.62. The summed E-state index contributed by atoms with van der Waals surface area (Å²) in [6, 6.07) is 5.91. The first kappa shape index (κ1) is 14.9. The molecular formula is C15H12FNO3S. The SMILES string of the molecule is Cc1cc(NC(=O)c2csc(C=CC(=O)O)c2)ccc1F. The quantitative estimate of drug-likeness (QED) is 0.849. The highest BCUT2D eigenvalue weighted by atomic mass is 32.1. The van der Waals surface area contributed by atoms with Crippen LogP contribution in [0.1, 0.15) is 20.8 Å². The van der Waals surface area contributed by atoms with E-state index in [4.69, 9.17) is 5.11 Å². The lowest BCUT2D eigenvalue weighted by Crippen LogP contribution is -2.11. The maximum Gasteiger partial charge on any atom is 0.328 e. The number of nitrogens with one attached hydrogen (secondary N) is 1. The Morgan fingerprint density at radius 1 is 1.33 bits per heavy atom. The zero-order valence-corrected chi connectivity index (χ0v) is 11.9. The smallest absolute Gasteiger partial charge is 0.328 e. The number of hydrogen-bond acceptors (Lipinski definition) is 3. The van der Waals surface area contributed by atoms with E-state index < -0.39 is 5.97 Å². The van der Waals surface area contributed by atoms with Gasteiger partial charge in [0.15, 0.2) is 0 Å². The Bertz CT molecular complexity index is 721. The van der Waals surface area contributed by atoms with Crippen molar-refractivity contribution in [3.05, 3.63) is 57.5 Å². The van der Waals surface area contributed by atoms with Crippen molar-refractivity contribution >= 4 is 35.0 Å². The Labute approximate surface area is 124 Å². The molecule has 0 unspecified atom stereocenters. The van der Waals surface area contributed by atoms with Crippen molar-refractivity contribution in [3.8, 4) is 0 Å². The standard InChI is InChI=1S/C15H12FNO3S/c1-9-6-11(2-4-13(9)16)17-15(20)10-7-12(21-8-10)3-5-14(18)19/h2-8H,1H3,(H,17,20)(H,18,19). The van der Waals surface area contributed by atoms with Crippen LogP contribution in [-0.2, 0) is 4.79 Å². The fraction of sp³-hybridized carbons (Fsp3) is 0.0667. The van der Waals surface area contributed by atoms with Crippen molar-refractivity contribution in [2.24, 2.45) is 0 Å². The predicted octanol–water partition coefficient (Wildman–Crippen LogP) is 3.55. The number of thiophene rings is 1. The lowest BCUT2D eigenvalue weighted by molar-refractivity contribution is -0.131. The number of carboxylic acid groups (broad SMARTS) is 1. The largest absolute Gasteiger partial charge is 0.478 e. The van der Waals surface area contributed by atoms with Crippen molar-refractivity contribution in [1.29, 1.82) is 0 Å². The summed E-state index contributed by atoms with van der Waals surface area (Å²) in [5.41, 5.74) is 1.38. The number of rotatable bonds is 4. The van der Waals surface area contributed by atoms with Crippen LogP contribution in [0, 0.1) is 12.7 Å². The van der Waals surface area contributed by atoms with Gasteiger partial charge in [0.25, 0.3) is 5.91 Å². The van der Waals surface area contributed by atoms with Crippen LogP contribution < -0.4 is 5.32 Å². The summed E-state index contributed by atoms with van der Waals surface area (Å²) in [4.78, 5) is 23.1. The molecule has 0 saturated heterocycles. The van der Waals surface area contributed by atoms with Gasteiger partial charge >= 0.3 is 5.97 Å². The van der Waals surface area contributed by atoms with Crippen LogP contribution in [0.3, 0.4) is 0 Å². The highest BCUT2D eigenvalue weighted by Crippen LogP contribution is 2.19. The molecule has 2 rings (SSSR count). The predicted molar refractivity (Wildman–Crippen MR) is 80.1 cm³/mol. The van der Waals surface area contributed by atoms with Gasteiger partial charge in [-0.3, -0.25) is 4.79 Å². The van der Waals surface area contributed by atoms with Gasteiger partial charge in [0, 0.05) is 22.0 Å². The number of carboxylic acids is 1. The molecule has 0 aliphatic rings. The number of carbonyl (C=O) groups excluding carboxylic acids is 1. The van der Waals surface area contributed by atoms with E-state index >= 15 is 0 Å². The lowest BCUT2D eigenvalue weighted by Gasteiger charge is -2.05. The number of hydrogen-bond donors (Lipinski definition) is 2. The minimum Gasteiger partial charge on any atom is -0.478 e. The molecule has 0 saturated carbocycles. The summed E-state index contributed by atoms with van der Waals surface area (Å²) in [5.74, 6) is -1.70. The van der Waals surface area contributed by atoms with Gasteiger partial charge in [-0.05, 0) is 42.8 Å². The molecule has 0 spiro atoms. The molecule has 0 atom stereocenters. The average Bonchev–Trinajstić information content (AvgIpc) is 2.89. The summed E-state index contributed by atoms with van der Waals surface area (Å²) in [7, 11) is 0. The van der Waals surface area contributed by atoms with Crippen LogP contribution in [0.15, 0.2) is 35.7 Å². The summed E-state index contributed by atoms with van der Waals surface area (Å²) < 4.78 is 13.1. The van der Waals surface area contributed by atoms with Crippen LogP contribution in [0.4, 0.5) is 10.1 Å². The Balaban J connectivity index is 2.10. The second-order valence-corrected chi connectivity index (χ2v) is 5.27. The molecule has 4 nitrogen and oxygen atoms in total. The molecule has 2 N–H and O–H groups in total. The summed E-state index contributed by atoms with van der Waals surface area (Å²) in [6.07, 6.45) is 2.43. The molecule has 1 aromatic carbocycles. The third-order valence-corrected chi connectivity index (χ3v) is 3.59. The minimum atomic E-state index is -1.05. The molecule has 21 heavy (non-hydrogen) atoms. The van der Waals surface area contributed by atoms with Gasteiger partial charge in [-0.15, -0.1) is 11.3 Å². The molecular weight excluding hydrogens is 293 g/mol. The van der Waals surface area contributed by atoms with E-state index in [1.165, 1.54) is 29.5 Å². The Morgan fingerprint density at radius 3 is 2.76 bits per heavy atom. The minimum absolute atomic E-state index is 0.327. The molecule has 0 radical (unpaired) electrons. The zero-order chi connectivity index (χ0) is 15.4. The van der Waals surface area contributed by atoms with Crippen LogP contribution in [0.5, 0.6) is 0 Å². The first-order chi connectivity index (χ1) is 9.95. The highest BCUT2D eigenvalue weighted by molar-refractivity contribution is 7.11. The fourth-order valence-electron chi connectivity index (χ4n) is 1.64. The van der Waals surface area contributed by atoms with Crippen molar-refractivity contribution in [3.63, 3.8) is 0 Å². The van der Waals surface area contributed by atoms with Gasteiger partial charge in [0.1, 0.15) is 5.82 Å². The molecule has 0 aliphatic heterocycles. The number of amides is 1. The molecule has 1 heterocycles. The van der Waals surface area contributed by atoms with E-state index in [1.54, 1.807) is 24.4 Å². The Kier molecular flexibility index (Phi) is 4.49. The third-order valence-electron chi connectivity index (χ3n) is 2.69. The van der Waals surface area contributed by atoms with Crippen molar-refractivity contribution in [2.45, 2.75) is 6.92 Å². The van der Waals surface area contributed by atoms with Crippen molar-refractivity contribution in [2.75, 3.05) is 5.32 Å². The second-order valence-electron chi connectivity index (χ2n) is 4.33. The maximum atomic E-state index is 13.1. The topological polar surface area (TPSA) is 66.4 Å². The number of aryl methyl sites for hydroxylation is 1. The second kappa shape index (κ2) is 6.32. The molecule has 0 bridgehead atoms. The first-order valence-corrected chi connectivity index (χ1v) is 6.91. The summed E-state index contributed by atoms with van der Waals surface area (Å²) >= 11 is 1.27. The first-order valence-electron chi connectivity index (χ1n) is 6.03. The van der Waals surface area contributed by atoms with Crippen molar-refractivity contribution < 1.29 is 19.1 Å². The zero-order valence-electron chi connectivity index (χ0n) is 11.1. The van der Waals surface area contributed by atoms with Crippen LogP contribution in [0.25, 0.3) is 6.08 Å². The molecule has 6 heteroatoms. The van der Waals surface area contributed by atoms with Gasteiger partial charge < -0.3 is 10.4 Å². The summed E-state index contributed by atoms with van der Waals surface area (Å²) in [5, 5.41) is 12.8. The Hall–Kier alpha value is -2.47. The number of anilines is 1. The van der Waals surface area contributed by atoms with E-state index in [1.807, 2.05) is 0 Å². The van der Waals surface area contributed by atoms with E-state index in [9.17, 15) is 14.0 Å². The van der Waals surface area contributed by atoms with Gasteiger partial charge in [0.2, 0.25) is 0 Å². The monoisotopic (exact) mass is 305 g/mol. The molecule has 1 aromatic heterocycles. The molecule has 0 aliphatic carbocycles. The fourth-order valence-corrected chi connectivity index (χ4v) is 2.42. The average molecular weight is 305 g/mol.